The molecule has 1 amide bonds. The minimum Gasteiger partial charge on any atom is -0.461 e. The predicted molar refractivity (Wildman–Crippen MR) is 75.8 cm³/mol. The summed E-state index contributed by atoms with van der Waals surface area (Å²) in [5, 5.41) is 3.93. The molecule has 19 heavy (non-hydrogen) atoms. The maximum Gasteiger partial charge on any atom is 0.224 e. The van der Waals surface area contributed by atoms with E-state index in [0.29, 0.717) is 19.5 Å². The first kappa shape index (κ1) is 13.6. The SMILES string of the molecule is CCCNC(=O)C(CN)Cc1cc2ccccc2o1. The van der Waals surface area contributed by atoms with Crippen molar-refractivity contribution in [1.82, 2.24) is 5.32 Å². The first-order chi connectivity index (χ1) is 9.24. The van der Waals surface area contributed by atoms with E-state index in [1.807, 2.05) is 37.3 Å². The van der Waals surface area contributed by atoms with Crippen LogP contribution in [0.4, 0.5) is 0 Å². The fourth-order valence-corrected chi connectivity index (χ4v) is 2.06. The second kappa shape index (κ2) is 6.38. The molecule has 1 aromatic heterocycles. The number of nitrogens with two attached hydrogens (primary N) is 1. The third kappa shape index (κ3) is 3.35. The molecule has 0 spiro atoms. The Morgan fingerprint density at radius 1 is 1.42 bits per heavy atom. The lowest BCUT2D eigenvalue weighted by molar-refractivity contribution is -0.124. The standard InChI is InChI=1S/C15H20N2O2/c1-2-7-17-15(18)12(10-16)9-13-8-11-5-3-4-6-14(11)19-13/h3-6,8,12H,2,7,9-10,16H2,1H3,(H,17,18). The number of furan rings is 1. The molecule has 1 unspecified atom stereocenters. The van der Waals surface area contributed by atoms with Gasteiger partial charge >= 0.3 is 0 Å². The van der Waals surface area contributed by atoms with Crippen molar-refractivity contribution in [3.8, 4) is 0 Å². The highest BCUT2D eigenvalue weighted by Gasteiger charge is 2.18. The van der Waals surface area contributed by atoms with Gasteiger partial charge < -0.3 is 15.5 Å². The Morgan fingerprint density at radius 2 is 2.21 bits per heavy atom. The van der Waals surface area contributed by atoms with Crippen molar-refractivity contribution in [3.63, 3.8) is 0 Å². The third-order valence-corrected chi connectivity index (χ3v) is 3.13. The lowest BCUT2D eigenvalue weighted by Crippen LogP contribution is -2.36. The van der Waals surface area contributed by atoms with Crippen molar-refractivity contribution in [2.75, 3.05) is 13.1 Å². The van der Waals surface area contributed by atoms with E-state index in [1.54, 1.807) is 0 Å². The van der Waals surface area contributed by atoms with Gasteiger partial charge in [-0.3, -0.25) is 4.79 Å². The van der Waals surface area contributed by atoms with Gasteiger partial charge in [-0.2, -0.15) is 0 Å². The van der Waals surface area contributed by atoms with Crippen LogP contribution in [0.25, 0.3) is 11.0 Å². The quantitative estimate of drug-likeness (QED) is 0.835. The average Bonchev–Trinajstić information content (AvgIpc) is 2.84. The topological polar surface area (TPSA) is 68.3 Å². The molecule has 0 fully saturated rings. The Morgan fingerprint density at radius 3 is 2.89 bits per heavy atom. The van der Waals surface area contributed by atoms with Crippen LogP contribution in [-0.4, -0.2) is 19.0 Å². The number of carbonyl (C=O) groups is 1. The maximum absolute atomic E-state index is 11.9. The number of fused-ring (bicyclic) bond motifs is 1. The van der Waals surface area contributed by atoms with Crippen molar-refractivity contribution in [2.24, 2.45) is 11.7 Å². The van der Waals surface area contributed by atoms with Crippen LogP contribution in [0.5, 0.6) is 0 Å². The number of carbonyl (C=O) groups excluding carboxylic acids is 1. The highest BCUT2D eigenvalue weighted by atomic mass is 16.3. The second-order valence-corrected chi connectivity index (χ2v) is 4.68. The molecule has 4 heteroatoms. The van der Waals surface area contributed by atoms with E-state index in [0.717, 1.165) is 23.2 Å². The van der Waals surface area contributed by atoms with Crippen molar-refractivity contribution in [3.05, 3.63) is 36.1 Å². The summed E-state index contributed by atoms with van der Waals surface area (Å²) in [4.78, 5) is 11.9. The summed E-state index contributed by atoms with van der Waals surface area (Å²) in [6, 6.07) is 9.80. The minimum absolute atomic E-state index is 0.00445. The third-order valence-electron chi connectivity index (χ3n) is 3.13. The number of nitrogens with one attached hydrogen (secondary N) is 1. The number of hydrogen-bond acceptors (Lipinski definition) is 3. The van der Waals surface area contributed by atoms with Crippen LogP contribution < -0.4 is 11.1 Å². The van der Waals surface area contributed by atoms with E-state index in [9.17, 15) is 4.79 Å². The van der Waals surface area contributed by atoms with Crippen molar-refractivity contribution in [2.45, 2.75) is 19.8 Å². The molecule has 1 atom stereocenters. The highest BCUT2D eigenvalue weighted by Crippen LogP contribution is 2.21. The molecule has 1 heterocycles. The summed E-state index contributed by atoms with van der Waals surface area (Å²) < 4.78 is 5.72. The molecule has 3 N–H and O–H groups in total. The summed E-state index contributed by atoms with van der Waals surface area (Å²) in [6.45, 7) is 3.04. The molecule has 2 aromatic rings. The largest absolute Gasteiger partial charge is 0.461 e. The van der Waals surface area contributed by atoms with Gasteiger partial charge in [0.05, 0.1) is 5.92 Å². The maximum atomic E-state index is 11.9. The van der Waals surface area contributed by atoms with Crippen LogP contribution in [-0.2, 0) is 11.2 Å². The fourth-order valence-electron chi connectivity index (χ4n) is 2.06. The summed E-state index contributed by atoms with van der Waals surface area (Å²) in [7, 11) is 0. The Kier molecular flexibility index (Phi) is 4.58. The summed E-state index contributed by atoms with van der Waals surface area (Å²) in [5.41, 5.74) is 6.53. The Bertz CT molecular complexity index is 515. The van der Waals surface area contributed by atoms with Crippen LogP contribution in [0.15, 0.2) is 34.7 Å². The molecule has 2 rings (SSSR count). The Labute approximate surface area is 113 Å². The van der Waals surface area contributed by atoms with Gasteiger partial charge in [0.15, 0.2) is 0 Å². The van der Waals surface area contributed by atoms with E-state index in [1.165, 1.54) is 0 Å². The van der Waals surface area contributed by atoms with E-state index < -0.39 is 0 Å². The Hall–Kier alpha value is -1.81. The van der Waals surface area contributed by atoms with Gasteiger partial charge in [-0.15, -0.1) is 0 Å². The molecule has 102 valence electrons. The van der Waals surface area contributed by atoms with Gasteiger partial charge in [-0.1, -0.05) is 25.1 Å². The molecule has 1 aromatic carbocycles. The Balaban J connectivity index is 2.07. The number of amides is 1. The van der Waals surface area contributed by atoms with Crippen LogP contribution in [0.2, 0.25) is 0 Å². The van der Waals surface area contributed by atoms with E-state index >= 15 is 0 Å². The smallest absolute Gasteiger partial charge is 0.224 e. The molecule has 0 aliphatic carbocycles. The van der Waals surface area contributed by atoms with Gasteiger partial charge in [0.1, 0.15) is 11.3 Å². The average molecular weight is 260 g/mol. The molecule has 0 radical (unpaired) electrons. The van der Waals surface area contributed by atoms with Gasteiger partial charge in [0.25, 0.3) is 0 Å². The summed E-state index contributed by atoms with van der Waals surface area (Å²) in [6.07, 6.45) is 1.47. The van der Waals surface area contributed by atoms with Crippen LogP contribution in [0, 0.1) is 5.92 Å². The highest BCUT2D eigenvalue weighted by molar-refractivity contribution is 5.80. The van der Waals surface area contributed by atoms with E-state index in [-0.39, 0.29) is 11.8 Å². The second-order valence-electron chi connectivity index (χ2n) is 4.68. The van der Waals surface area contributed by atoms with Crippen molar-refractivity contribution < 1.29 is 9.21 Å². The van der Waals surface area contributed by atoms with Gasteiger partial charge in [-0.25, -0.2) is 0 Å². The number of hydrogen-bond donors (Lipinski definition) is 2. The molecule has 4 nitrogen and oxygen atoms in total. The normalized spacial score (nSPS) is 12.5. The molecule has 0 aliphatic heterocycles. The van der Waals surface area contributed by atoms with Gasteiger partial charge in [0.2, 0.25) is 5.91 Å². The fraction of sp³-hybridized carbons (Fsp3) is 0.400. The monoisotopic (exact) mass is 260 g/mol. The number of rotatable bonds is 6. The van der Waals surface area contributed by atoms with E-state index in [4.69, 9.17) is 10.2 Å². The molecular formula is C15H20N2O2. The molecule has 0 saturated heterocycles. The van der Waals surface area contributed by atoms with Crippen LogP contribution in [0.1, 0.15) is 19.1 Å². The first-order valence-corrected chi connectivity index (χ1v) is 6.69. The lowest BCUT2D eigenvalue weighted by Gasteiger charge is -2.12. The van der Waals surface area contributed by atoms with Gasteiger partial charge in [0, 0.05) is 24.9 Å². The molecule has 0 bridgehead atoms. The predicted octanol–water partition coefficient (Wildman–Crippen LogP) is 2.08. The first-order valence-electron chi connectivity index (χ1n) is 6.69. The van der Waals surface area contributed by atoms with Crippen molar-refractivity contribution in [1.29, 1.82) is 0 Å². The zero-order chi connectivity index (χ0) is 13.7. The molecular weight excluding hydrogens is 240 g/mol. The minimum atomic E-state index is -0.230. The lowest BCUT2D eigenvalue weighted by atomic mass is 10.0. The van der Waals surface area contributed by atoms with Crippen LogP contribution >= 0.6 is 0 Å². The summed E-state index contributed by atoms with van der Waals surface area (Å²) in [5.74, 6) is 0.584. The zero-order valence-corrected chi connectivity index (χ0v) is 11.2. The molecule has 0 saturated carbocycles. The van der Waals surface area contributed by atoms with Crippen LogP contribution in [0.3, 0.4) is 0 Å². The zero-order valence-electron chi connectivity index (χ0n) is 11.2. The summed E-state index contributed by atoms with van der Waals surface area (Å²) >= 11 is 0. The van der Waals surface area contributed by atoms with Crippen molar-refractivity contribution >= 4 is 16.9 Å². The molecule has 0 aliphatic rings. The number of benzene rings is 1. The number of para-hydroxylation sites is 1. The van der Waals surface area contributed by atoms with E-state index in [2.05, 4.69) is 5.32 Å². The van der Waals surface area contributed by atoms with Gasteiger partial charge in [-0.05, 0) is 18.6 Å².